The molecule has 0 aliphatic rings. The minimum absolute atomic E-state index is 0.0179. The van der Waals surface area contributed by atoms with Crippen LogP contribution >= 0.6 is 0 Å². The maximum absolute atomic E-state index is 14.1. The summed E-state index contributed by atoms with van der Waals surface area (Å²) in [6.07, 6.45) is 0.488. The Morgan fingerprint density at radius 1 is 0.905 bits per heavy atom. The number of benzene rings is 3. The lowest BCUT2D eigenvalue weighted by Gasteiger charge is -2.32. The molecule has 0 fully saturated rings. The molecule has 0 aliphatic carbocycles. The van der Waals surface area contributed by atoms with Crippen LogP contribution in [0.15, 0.2) is 77.7 Å². The van der Waals surface area contributed by atoms with Crippen molar-refractivity contribution in [2.45, 2.75) is 45.1 Å². The molecule has 0 aromatic heterocycles. The van der Waals surface area contributed by atoms with Crippen molar-refractivity contribution in [1.82, 2.24) is 10.2 Å². The Bertz CT molecular complexity index is 1440. The Morgan fingerprint density at radius 3 is 2.17 bits per heavy atom. The summed E-state index contributed by atoms with van der Waals surface area (Å²) >= 11 is 0. The van der Waals surface area contributed by atoms with Crippen LogP contribution in [0.5, 0.6) is 11.5 Å². The summed E-state index contributed by atoms with van der Waals surface area (Å²) in [6.45, 7) is 7.60. The third-order valence-electron chi connectivity index (χ3n) is 6.88. The molecule has 0 aliphatic heterocycles. The molecule has 0 heterocycles. The van der Waals surface area contributed by atoms with Crippen molar-refractivity contribution in [3.8, 4) is 11.5 Å². The number of ether oxygens (including phenoxy) is 2. The molecule has 3 rings (SSSR count). The highest BCUT2D eigenvalue weighted by Crippen LogP contribution is 2.36. The minimum Gasteiger partial charge on any atom is -0.497 e. The Morgan fingerprint density at radius 2 is 1.57 bits per heavy atom. The van der Waals surface area contributed by atoms with E-state index in [9.17, 15) is 18.0 Å². The van der Waals surface area contributed by atoms with Gasteiger partial charge in [0.1, 0.15) is 24.1 Å². The number of carbonyl (C=O) groups excluding carboxylic acids is 2. The van der Waals surface area contributed by atoms with E-state index >= 15 is 0 Å². The van der Waals surface area contributed by atoms with Gasteiger partial charge in [0, 0.05) is 19.2 Å². The lowest BCUT2D eigenvalue weighted by molar-refractivity contribution is -0.138. The third-order valence-corrected chi connectivity index (χ3v) is 8.65. The van der Waals surface area contributed by atoms with Crippen molar-refractivity contribution in [2.24, 2.45) is 5.92 Å². The molecule has 2 amide bonds. The number of anilines is 1. The summed E-state index contributed by atoms with van der Waals surface area (Å²) in [6, 6.07) is 19.9. The zero-order valence-electron chi connectivity index (χ0n) is 25.2. The fraction of sp³-hybridized carbons (Fsp3) is 0.375. The summed E-state index contributed by atoms with van der Waals surface area (Å²) in [5.41, 5.74) is 2.03. The predicted molar refractivity (Wildman–Crippen MR) is 164 cm³/mol. The molecule has 10 heteroatoms. The van der Waals surface area contributed by atoms with E-state index in [2.05, 4.69) is 5.32 Å². The molecule has 0 saturated carbocycles. The summed E-state index contributed by atoms with van der Waals surface area (Å²) in [4.78, 5) is 28.7. The van der Waals surface area contributed by atoms with Gasteiger partial charge in [-0.2, -0.15) is 0 Å². The van der Waals surface area contributed by atoms with E-state index in [1.165, 1.54) is 37.3 Å². The molecule has 0 spiro atoms. The van der Waals surface area contributed by atoms with Crippen LogP contribution in [0.2, 0.25) is 0 Å². The molecule has 9 nitrogen and oxygen atoms in total. The number of aryl methyl sites for hydroxylation is 1. The fourth-order valence-corrected chi connectivity index (χ4v) is 5.78. The number of nitrogens with zero attached hydrogens (tertiary/aromatic N) is 2. The quantitative estimate of drug-likeness (QED) is 0.296. The summed E-state index contributed by atoms with van der Waals surface area (Å²) in [5.74, 6) is 0.0311. The average Bonchev–Trinajstić information content (AvgIpc) is 2.98. The van der Waals surface area contributed by atoms with Gasteiger partial charge in [-0.1, -0.05) is 61.9 Å². The van der Waals surface area contributed by atoms with Gasteiger partial charge in [-0.25, -0.2) is 8.42 Å². The van der Waals surface area contributed by atoms with Crippen LogP contribution in [-0.4, -0.2) is 65.0 Å². The van der Waals surface area contributed by atoms with E-state index in [0.717, 1.165) is 15.4 Å². The maximum atomic E-state index is 14.1. The molecule has 1 atom stereocenters. The SMILES string of the molecule is COc1ccc(OC)c(N(CC(=O)N(CCc2ccccc2)[C@H](C)C(=O)NCC(C)C)S(=O)(=O)c2ccc(C)cc2)c1. The first-order chi connectivity index (χ1) is 20.0. The van der Waals surface area contributed by atoms with Gasteiger partial charge in [-0.15, -0.1) is 0 Å². The maximum Gasteiger partial charge on any atom is 0.264 e. The van der Waals surface area contributed by atoms with Crippen LogP contribution in [0.25, 0.3) is 0 Å². The Balaban J connectivity index is 2.05. The van der Waals surface area contributed by atoms with Crippen LogP contribution < -0.4 is 19.1 Å². The molecule has 3 aromatic rings. The van der Waals surface area contributed by atoms with Gasteiger partial charge in [0.2, 0.25) is 11.8 Å². The lowest BCUT2D eigenvalue weighted by Crippen LogP contribution is -2.52. The molecule has 0 unspecified atom stereocenters. The van der Waals surface area contributed by atoms with Gasteiger partial charge in [-0.05, 0) is 56.0 Å². The molecule has 0 bridgehead atoms. The van der Waals surface area contributed by atoms with Crippen molar-refractivity contribution in [3.63, 3.8) is 0 Å². The first kappa shape index (κ1) is 32.5. The number of hydrogen-bond acceptors (Lipinski definition) is 6. The summed E-state index contributed by atoms with van der Waals surface area (Å²) in [5, 5.41) is 2.89. The van der Waals surface area contributed by atoms with E-state index in [1.807, 2.05) is 51.1 Å². The highest BCUT2D eigenvalue weighted by atomic mass is 32.2. The average molecular weight is 596 g/mol. The second-order valence-corrected chi connectivity index (χ2v) is 12.4. The van der Waals surface area contributed by atoms with Crippen LogP contribution in [0.1, 0.15) is 31.9 Å². The number of nitrogens with one attached hydrogen (secondary N) is 1. The highest BCUT2D eigenvalue weighted by Gasteiger charge is 2.34. The number of rotatable bonds is 14. The van der Waals surface area contributed by atoms with Crippen molar-refractivity contribution in [1.29, 1.82) is 0 Å². The third kappa shape index (κ3) is 8.25. The number of carbonyl (C=O) groups is 2. The van der Waals surface area contributed by atoms with Crippen LogP contribution in [0, 0.1) is 12.8 Å². The standard InChI is InChI=1S/C32H41N3O6S/c1-23(2)21-33-32(37)25(4)34(19-18-26-10-8-7-9-11-26)31(36)22-35(29-20-27(40-5)14-17-30(29)41-6)42(38,39)28-15-12-24(3)13-16-28/h7-17,20,23,25H,18-19,21-22H2,1-6H3,(H,33,37)/t25-/m1/s1. The number of amides is 2. The Kier molecular flexibility index (Phi) is 11.4. The molecule has 1 N–H and O–H groups in total. The van der Waals surface area contributed by atoms with Gasteiger partial charge in [0.15, 0.2) is 0 Å². The van der Waals surface area contributed by atoms with E-state index < -0.39 is 28.5 Å². The van der Waals surface area contributed by atoms with E-state index in [4.69, 9.17) is 9.47 Å². The molecule has 3 aromatic carbocycles. The zero-order valence-corrected chi connectivity index (χ0v) is 26.0. The van der Waals surface area contributed by atoms with Crippen LogP contribution in [0.4, 0.5) is 5.69 Å². The van der Waals surface area contributed by atoms with Crippen LogP contribution in [0.3, 0.4) is 0 Å². The van der Waals surface area contributed by atoms with Crippen molar-refractivity contribution in [3.05, 3.63) is 83.9 Å². The van der Waals surface area contributed by atoms with Gasteiger partial charge in [-0.3, -0.25) is 13.9 Å². The molecule has 226 valence electrons. The zero-order chi connectivity index (χ0) is 30.9. The van der Waals surface area contributed by atoms with Crippen LogP contribution in [-0.2, 0) is 26.0 Å². The normalized spacial score (nSPS) is 12.0. The highest BCUT2D eigenvalue weighted by molar-refractivity contribution is 7.92. The largest absolute Gasteiger partial charge is 0.497 e. The molecule has 42 heavy (non-hydrogen) atoms. The monoisotopic (exact) mass is 595 g/mol. The number of sulfonamides is 1. The van der Waals surface area contributed by atoms with Crippen molar-refractivity contribution >= 4 is 27.5 Å². The summed E-state index contributed by atoms with van der Waals surface area (Å²) in [7, 11) is -1.34. The molecular formula is C32H41N3O6S. The number of methoxy groups -OCH3 is 2. The minimum atomic E-state index is -4.24. The van der Waals surface area contributed by atoms with Gasteiger partial charge in [0.05, 0.1) is 24.8 Å². The van der Waals surface area contributed by atoms with Gasteiger partial charge < -0.3 is 19.7 Å². The van der Waals surface area contributed by atoms with Gasteiger partial charge >= 0.3 is 0 Å². The topological polar surface area (TPSA) is 105 Å². The van der Waals surface area contributed by atoms with E-state index in [0.29, 0.717) is 18.7 Å². The smallest absolute Gasteiger partial charge is 0.264 e. The fourth-order valence-electron chi connectivity index (χ4n) is 4.36. The van der Waals surface area contributed by atoms with Crippen molar-refractivity contribution < 1.29 is 27.5 Å². The Labute approximate surface area is 249 Å². The molecule has 0 saturated heterocycles. The second kappa shape index (κ2) is 14.7. The predicted octanol–water partition coefficient (Wildman–Crippen LogP) is 4.44. The van der Waals surface area contributed by atoms with Gasteiger partial charge in [0.25, 0.3) is 10.0 Å². The van der Waals surface area contributed by atoms with E-state index in [1.54, 1.807) is 31.2 Å². The lowest BCUT2D eigenvalue weighted by atomic mass is 10.1. The first-order valence-electron chi connectivity index (χ1n) is 13.9. The molecular weight excluding hydrogens is 554 g/mol. The first-order valence-corrected chi connectivity index (χ1v) is 15.3. The molecule has 0 radical (unpaired) electrons. The van der Waals surface area contributed by atoms with Crippen molar-refractivity contribution in [2.75, 3.05) is 38.2 Å². The van der Waals surface area contributed by atoms with E-state index in [-0.39, 0.29) is 34.7 Å². The summed E-state index contributed by atoms with van der Waals surface area (Å²) < 4.78 is 40.1. The Hall–Kier alpha value is -4.05. The second-order valence-electron chi connectivity index (χ2n) is 10.5. The number of hydrogen-bond donors (Lipinski definition) is 1.